The number of alkyl halides is 2. The maximum absolute atomic E-state index is 13.8. The van der Waals surface area contributed by atoms with E-state index in [0.717, 1.165) is 4.90 Å². The van der Waals surface area contributed by atoms with E-state index in [4.69, 9.17) is 27.9 Å². The van der Waals surface area contributed by atoms with Crippen molar-refractivity contribution in [3.63, 3.8) is 0 Å². The Morgan fingerprint density at radius 2 is 1.21 bits per heavy atom. The van der Waals surface area contributed by atoms with Crippen LogP contribution in [0.4, 0.5) is 0 Å². The van der Waals surface area contributed by atoms with Crippen LogP contribution in [0.15, 0.2) is 78.9 Å². The Labute approximate surface area is 229 Å². The lowest BCUT2D eigenvalue weighted by Crippen LogP contribution is -2.57. The molecule has 2 amide bonds. The fraction of sp³-hybridized carbons (Fsp3) is 0.267. The number of rotatable bonds is 6. The number of nitrogens with zero attached hydrogens (tertiary/aromatic N) is 1. The van der Waals surface area contributed by atoms with Crippen LogP contribution in [-0.2, 0) is 28.9 Å². The Kier molecular flexibility index (Phi) is 5.74. The summed E-state index contributed by atoms with van der Waals surface area (Å²) in [5.41, 5.74) is 3.29. The van der Waals surface area contributed by atoms with Gasteiger partial charge in [0.2, 0.25) is 17.6 Å². The molecular formula is C30H23Cl2NO5. The molecule has 3 aromatic carbocycles. The van der Waals surface area contributed by atoms with Crippen LogP contribution in [-0.4, -0.2) is 41.1 Å². The van der Waals surface area contributed by atoms with Crippen molar-refractivity contribution in [2.24, 2.45) is 11.8 Å². The first-order chi connectivity index (χ1) is 18.2. The minimum Gasteiger partial charge on any atom is -0.454 e. The average molecular weight is 548 g/mol. The zero-order valence-electron chi connectivity index (χ0n) is 20.4. The summed E-state index contributed by atoms with van der Waals surface area (Å²) < 4.78 is 5.32. The highest BCUT2D eigenvalue weighted by molar-refractivity contribution is 6.36. The van der Waals surface area contributed by atoms with Crippen molar-refractivity contribution >= 4 is 46.8 Å². The molecule has 3 atom stereocenters. The molecule has 0 unspecified atom stereocenters. The molecular weight excluding hydrogens is 525 g/mol. The standard InChI is InChI=1S/C30H23Cl2NO5/c1-17(26(35)18-9-3-2-4-10-18)38-23(34)15-16-33-27(36)24-25(28(33)37)30(32)20-12-6-5-11-19(20)29(24,31)21-13-7-8-14-22(21)30/h2-14,17,24-25H,15-16H2,1H3/t17-,24-,25-,29?,30?/m0/s1. The quantitative estimate of drug-likeness (QED) is 0.192. The fourth-order valence-corrected chi connectivity index (χ4v) is 7.39. The third-order valence-electron chi connectivity index (χ3n) is 7.95. The van der Waals surface area contributed by atoms with Crippen LogP contribution in [0.3, 0.4) is 0 Å². The van der Waals surface area contributed by atoms with Gasteiger partial charge in [0.05, 0.1) is 18.3 Å². The largest absolute Gasteiger partial charge is 0.454 e. The molecule has 0 radical (unpaired) electrons. The van der Waals surface area contributed by atoms with E-state index in [1.54, 1.807) is 30.3 Å². The molecule has 7 rings (SSSR count). The Hall–Kier alpha value is -3.48. The van der Waals surface area contributed by atoms with Crippen molar-refractivity contribution in [2.45, 2.75) is 29.2 Å². The van der Waals surface area contributed by atoms with Gasteiger partial charge in [-0.05, 0) is 29.2 Å². The maximum atomic E-state index is 13.8. The van der Waals surface area contributed by atoms with Gasteiger partial charge in [-0.3, -0.25) is 24.1 Å². The van der Waals surface area contributed by atoms with Crippen molar-refractivity contribution < 1.29 is 23.9 Å². The monoisotopic (exact) mass is 547 g/mol. The Bertz CT molecular complexity index is 1380. The van der Waals surface area contributed by atoms with Gasteiger partial charge >= 0.3 is 5.97 Å². The number of hydrogen-bond donors (Lipinski definition) is 0. The highest BCUT2D eigenvalue weighted by Gasteiger charge is 2.72. The molecule has 2 bridgehead atoms. The van der Waals surface area contributed by atoms with Crippen molar-refractivity contribution in [3.05, 3.63) is 107 Å². The molecule has 1 aliphatic heterocycles. The summed E-state index contributed by atoms with van der Waals surface area (Å²) >= 11 is 14.8. The van der Waals surface area contributed by atoms with E-state index < -0.39 is 45.5 Å². The highest BCUT2D eigenvalue weighted by atomic mass is 35.5. The third kappa shape index (κ3) is 3.26. The summed E-state index contributed by atoms with van der Waals surface area (Å²) in [5.74, 6) is -3.80. The molecule has 3 aromatic rings. The topological polar surface area (TPSA) is 80.8 Å². The van der Waals surface area contributed by atoms with Crippen LogP contribution in [0.2, 0.25) is 0 Å². The van der Waals surface area contributed by atoms with Gasteiger partial charge in [0.15, 0.2) is 6.10 Å². The Morgan fingerprint density at radius 3 is 1.66 bits per heavy atom. The number of imide groups is 1. The first-order valence-electron chi connectivity index (χ1n) is 12.4. The molecule has 1 fully saturated rings. The number of esters is 1. The summed E-state index contributed by atoms with van der Waals surface area (Å²) in [6, 6.07) is 23.3. The van der Waals surface area contributed by atoms with Crippen LogP contribution >= 0.6 is 23.2 Å². The number of hydrogen-bond acceptors (Lipinski definition) is 5. The van der Waals surface area contributed by atoms with Gasteiger partial charge < -0.3 is 4.74 Å². The summed E-state index contributed by atoms with van der Waals surface area (Å²) in [6.45, 7) is 1.30. The van der Waals surface area contributed by atoms with E-state index in [9.17, 15) is 19.2 Å². The van der Waals surface area contributed by atoms with Crippen molar-refractivity contribution in [2.75, 3.05) is 6.54 Å². The molecule has 0 aromatic heterocycles. The SMILES string of the molecule is C[C@H](OC(=O)CCN1C(=O)[C@@H]2[C@@H](C1=O)C1(Cl)c3ccccc3C2(Cl)c2ccccc21)C(=O)c1ccccc1. The maximum Gasteiger partial charge on any atom is 0.308 e. The molecule has 0 N–H and O–H groups in total. The van der Waals surface area contributed by atoms with E-state index >= 15 is 0 Å². The van der Waals surface area contributed by atoms with Gasteiger partial charge in [0, 0.05) is 12.1 Å². The number of likely N-dealkylation sites (tertiary alicyclic amines) is 1. The third-order valence-corrected chi connectivity index (χ3v) is 9.24. The zero-order chi connectivity index (χ0) is 26.8. The Morgan fingerprint density at radius 1 is 0.789 bits per heavy atom. The molecule has 6 nitrogen and oxygen atoms in total. The minimum absolute atomic E-state index is 0.192. The Balaban J connectivity index is 1.26. The van der Waals surface area contributed by atoms with Crippen molar-refractivity contribution in [1.82, 2.24) is 4.90 Å². The first-order valence-corrected chi connectivity index (χ1v) is 13.2. The first kappa shape index (κ1) is 24.8. The summed E-state index contributed by atoms with van der Waals surface area (Å²) in [6.07, 6.45) is -1.26. The number of amides is 2. The molecule has 8 heteroatoms. The second kappa shape index (κ2) is 8.79. The predicted molar refractivity (Wildman–Crippen MR) is 141 cm³/mol. The normalized spacial score (nSPS) is 27.4. The van der Waals surface area contributed by atoms with E-state index in [0.29, 0.717) is 27.8 Å². The lowest BCUT2D eigenvalue weighted by Gasteiger charge is -2.54. The van der Waals surface area contributed by atoms with Crippen LogP contribution < -0.4 is 0 Å². The number of carbonyl (C=O) groups excluding carboxylic acids is 4. The number of carbonyl (C=O) groups is 4. The molecule has 1 heterocycles. The molecule has 0 spiro atoms. The number of halogens is 2. The van der Waals surface area contributed by atoms with Gasteiger partial charge in [0.25, 0.3) is 0 Å². The zero-order valence-corrected chi connectivity index (χ0v) is 21.9. The number of Topliss-reactive ketones (excluding diaryl/α,β-unsaturated/α-hetero) is 1. The van der Waals surface area contributed by atoms with E-state index in [-0.39, 0.29) is 18.7 Å². The second-order valence-electron chi connectivity index (χ2n) is 9.91. The van der Waals surface area contributed by atoms with Gasteiger partial charge in [-0.25, -0.2) is 0 Å². The average Bonchev–Trinajstić information content (AvgIpc) is 3.20. The molecule has 3 aliphatic carbocycles. The summed E-state index contributed by atoms with van der Waals surface area (Å²) in [7, 11) is 0. The predicted octanol–water partition coefficient (Wildman–Crippen LogP) is 4.78. The van der Waals surface area contributed by atoms with Crippen LogP contribution in [0.5, 0.6) is 0 Å². The second-order valence-corrected chi connectivity index (χ2v) is 11.1. The van der Waals surface area contributed by atoms with Crippen LogP contribution in [0, 0.1) is 11.8 Å². The minimum atomic E-state index is -1.27. The number of benzene rings is 3. The van der Waals surface area contributed by atoms with Gasteiger partial charge in [-0.2, -0.15) is 0 Å². The highest BCUT2D eigenvalue weighted by Crippen LogP contribution is 2.69. The summed E-state index contributed by atoms with van der Waals surface area (Å²) in [4.78, 5) is 51.3. The molecule has 4 aliphatic rings. The number of ketones is 1. The molecule has 38 heavy (non-hydrogen) atoms. The summed E-state index contributed by atoms with van der Waals surface area (Å²) in [5, 5.41) is 0. The molecule has 1 saturated heterocycles. The van der Waals surface area contributed by atoms with Gasteiger partial charge in [0.1, 0.15) is 9.75 Å². The van der Waals surface area contributed by atoms with Gasteiger partial charge in [-0.15, -0.1) is 23.2 Å². The fourth-order valence-electron chi connectivity index (χ4n) is 6.29. The van der Waals surface area contributed by atoms with E-state index in [2.05, 4.69) is 0 Å². The lowest BCUT2D eigenvalue weighted by atomic mass is 9.54. The van der Waals surface area contributed by atoms with Crippen molar-refractivity contribution in [3.8, 4) is 0 Å². The van der Waals surface area contributed by atoms with Crippen LogP contribution in [0.1, 0.15) is 46.0 Å². The number of ether oxygens (including phenoxy) is 1. The molecule has 0 saturated carbocycles. The van der Waals surface area contributed by atoms with E-state index in [1.165, 1.54) is 6.92 Å². The smallest absolute Gasteiger partial charge is 0.308 e. The molecule has 192 valence electrons. The van der Waals surface area contributed by atoms with E-state index in [1.807, 2.05) is 48.5 Å². The lowest BCUT2D eigenvalue weighted by molar-refractivity contribution is -0.148. The van der Waals surface area contributed by atoms with Crippen molar-refractivity contribution in [1.29, 1.82) is 0 Å². The van der Waals surface area contributed by atoms with Gasteiger partial charge in [-0.1, -0.05) is 78.9 Å². The van der Waals surface area contributed by atoms with Crippen LogP contribution in [0.25, 0.3) is 0 Å².